The van der Waals surface area contributed by atoms with Gasteiger partial charge in [-0.1, -0.05) is 30.3 Å². The minimum Gasteiger partial charge on any atom is -0.347 e. The van der Waals surface area contributed by atoms with Crippen molar-refractivity contribution in [3.63, 3.8) is 0 Å². The van der Waals surface area contributed by atoms with Gasteiger partial charge in [-0.15, -0.1) is 0 Å². The Kier molecular flexibility index (Phi) is 5.79. The Morgan fingerprint density at radius 2 is 1.86 bits per heavy atom. The van der Waals surface area contributed by atoms with E-state index in [1.807, 2.05) is 44.2 Å². The van der Waals surface area contributed by atoms with Crippen molar-refractivity contribution in [2.75, 3.05) is 10.6 Å². The summed E-state index contributed by atoms with van der Waals surface area (Å²) in [7, 11) is -3.62. The number of anilines is 1. The van der Waals surface area contributed by atoms with Crippen LogP contribution < -0.4 is 9.62 Å². The maximum atomic E-state index is 13.0. The summed E-state index contributed by atoms with van der Waals surface area (Å²) < 4.78 is 26.2. The maximum absolute atomic E-state index is 13.0. The van der Waals surface area contributed by atoms with E-state index in [1.165, 1.54) is 9.87 Å². The molecule has 0 unspecified atom stereocenters. The van der Waals surface area contributed by atoms with Gasteiger partial charge in [0.2, 0.25) is 15.9 Å². The molecular formula is C22H28N2O3S. The molecule has 0 saturated carbocycles. The SMILES string of the molecule is Cc1ccc(N([C@H](C)C(=O)N[C@H]2CCCc3ccccc32)S(C)(=O)=O)cc1C. The van der Waals surface area contributed by atoms with E-state index in [0.29, 0.717) is 5.69 Å². The van der Waals surface area contributed by atoms with Crippen molar-refractivity contribution >= 4 is 21.6 Å². The van der Waals surface area contributed by atoms with Crippen LogP contribution in [-0.2, 0) is 21.2 Å². The summed E-state index contributed by atoms with van der Waals surface area (Å²) in [5, 5.41) is 3.08. The van der Waals surface area contributed by atoms with Crippen LogP contribution in [0.1, 0.15) is 48.1 Å². The number of nitrogens with one attached hydrogen (secondary N) is 1. The van der Waals surface area contributed by atoms with Gasteiger partial charge in [0, 0.05) is 0 Å². The summed E-state index contributed by atoms with van der Waals surface area (Å²) in [6, 6.07) is 12.6. The maximum Gasteiger partial charge on any atom is 0.244 e. The van der Waals surface area contributed by atoms with E-state index < -0.39 is 16.1 Å². The Hall–Kier alpha value is -2.34. The Morgan fingerprint density at radius 3 is 2.54 bits per heavy atom. The van der Waals surface area contributed by atoms with Crippen molar-refractivity contribution < 1.29 is 13.2 Å². The van der Waals surface area contributed by atoms with Crippen LogP contribution in [0.2, 0.25) is 0 Å². The fraction of sp³-hybridized carbons (Fsp3) is 0.409. The molecule has 2 aromatic carbocycles. The highest BCUT2D eigenvalue weighted by molar-refractivity contribution is 7.92. The summed E-state index contributed by atoms with van der Waals surface area (Å²) in [5.41, 5.74) is 4.96. The van der Waals surface area contributed by atoms with Crippen LogP contribution in [0.4, 0.5) is 5.69 Å². The van der Waals surface area contributed by atoms with Crippen molar-refractivity contribution in [3.05, 3.63) is 64.7 Å². The summed E-state index contributed by atoms with van der Waals surface area (Å²) >= 11 is 0. The lowest BCUT2D eigenvalue weighted by Gasteiger charge is -2.32. The molecule has 2 aromatic rings. The number of sulfonamides is 1. The first-order valence-corrected chi connectivity index (χ1v) is 11.5. The van der Waals surface area contributed by atoms with Crippen LogP contribution in [-0.4, -0.2) is 26.6 Å². The van der Waals surface area contributed by atoms with Crippen molar-refractivity contribution in [2.24, 2.45) is 0 Å². The smallest absolute Gasteiger partial charge is 0.244 e. The Bertz CT molecular complexity index is 985. The third kappa shape index (κ3) is 4.22. The van der Waals surface area contributed by atoms with Gasteiger partial charge in [-0.05, 0) is 74.4 Å². The first-order valence-electron chi connectivity index (χ1n) is 9.63. The third-order valence-electron chi connectivity index (χ3n) is 5.52. The largest absolute Gasteiger partial charge is 0.347 e. The molecule has 0 radical (unpaired) electrons. The molecule has 3 rings (SSSR count). The molecular weight excluding hydrogens is 372 g/mol. The zero-order chi connectivity index (χ0) is 20.5. The van der Waals surface area contributed by atoms with Gasteiger partial charge < -0.3 is 5.32 Å². The highest BCUT2D eigenvalue weighted by Crippen LogP contribution is 2.30. The Labute approximate surface area is 167 Å². The lowest BCUT2D eigenvalue weighted by molar-refractivity contribution is -0.122. The van der Waals surface area contributed by atoms with E-state index in [0.717, 1.165) is 42.2 Å². The minimum atomic E-state index is -3.62. The average Bonchev–Trinajstić information content (AvgIpc) is 2.64. The zero-order valence-corrected chi connectivity index (χ0v) is 17.7. The summed E-state index contributed by atoms with van der Waals surface area (Å²) in [4.78, 5) is 13.0. The molecule has 28 heavy (non-hydrogen) atoms. The quantitative estimate of drug-likeness (QED) is 0.833. The lowest BCUT2D eigenvalue weighted by Crippen LogP contribution is -2.49. The molecule has 5 nitrogen and oxygen atoms in total. The van der Waals surface area contributed by atoms with Crippen LogP contribution in [0.25, 0.3) is 0 Å². The number of carbonyl (C=O) groups is 1. The fourth-order valence-corrected chi connectivity index (χ4v) is 5.03. The van der Waals surface area contributed by atoms with Gasteiger partial charge in [-0.25, -0.2) is 8.42 Å². The van der Waals surface area contributed by atoms with E-state index in [9.17, 15) is 13.2 Å². The highest BCUT2D eigenvalue weighted by Gasteiger charge is 2.31. The van der Waals surface area contributed by atoms with Gasteiger partial charge in [0.1, 0.15) is 6.04 Å². The van der Waals surface area contributed by atoms with E-state index in [4.69, 9.17) is 0 Å². The van der Waals surface area contributed by atoms with Gasteiger partial charge in [0.05, 0.1) is 18.0 Å². The standard InChI is InChI=1S/C22H28N2O3S/c1-15-12-13-19(14-16(15)2)24(28(4,26)27)17(3)22(25)23-21-11-7-9-18-8-5-6-10-20(18)21/h5-6,8,10,12-14,17,21H,7,9,11H2,1-4H3,(H,23,25)/t17-,21+/m1/s1. The summed E-state index contributed by atoms with van der Waals surface area (Å²) in [6.45, 7) is 5.55. The predicted octanol–water partition coefficient (Wildman–Crippen LogP) is 3.65. The second kappa shape index (κ2) is 7.95. The minimum absolute atomic E-state index is 0.0823. The monoisotopic (exact) mass is 400 g/mol. The number of nitrogens with zero attached hydrogens (tertiary/aromatic N) is 1. The average molecular weight is 401 g/mol. The van der Waals surface area contributed by atoms with Crippen molar-refractivity contribution in [1.29, 1.82) is 0 Å². The summed E-state index contributed by atoms with van der Waals surface area (Å²) in [5.74, 6) is -0.287. The van der Waals surface area contributed by atoms with Crippen LogP contribution in [0.15, 0.2) is 42.5 Å². The molecule has 0 heterocycles. The molecule has 0 spiro atoms. The number of benzene rings is 2. The molecule has 150 valence electrons. The number of amides is 1. The van der Waals surface area contributed by atoms with E-state index in [1.54, 1.807) is 13.0 Å². The second-order valence-electron chi connectivity index (χ2n) is 7.66. The van der Waals surface area contributed by atoms with Gasteiger partial charge in [-0.2, -0.15) is 0 Å². The number of rotatable bonds is 5. The molecule has 0 saturated heterocycles. The molecule has 1 amide bonds. The van der Waals surface area contributed by atoms with Crippen molar-refractivity contribution in [1.82, 2.24) is 5.32 Å². The Morgan fingerprint density at radius 1 is 1.14 bits per heavy atom. The first kappa shape index (κ1) is 20.4. The van der Waals surface area contributed by atoms with E-state index >= 15 is 0 Å². The fourth-order valence-electron chi connectivity index (χ4n) is 3.87. The van der Waals surface area contributed by atoms with Crippen LogP contribution in [0.3, 0.4) is 0 Å². The molecule has 0 fully saturated rings. The molecule has 2 atom stereocenters. The molecule has 1 N–H and O–H groups in total. The number of fused-ring (bicyclic) bond motifs is 1. The number of hydrogen-bond donors (Lipinski definition) is 1. The van der Waals surface area contributed by atoms with Crippen LogP contribution in [0.5, 0.6) is 0 Å². The number of aryl methyl sites for hydroxylation is 3. The van der Waals surface area contributed by atoms with Gasteiger partial charge >= 0.3 is 0 Å². The molecule has 0 aliphatic heterocycles. The van der Waals surface area contributed by atoms with Gasteiger partial charge in [0.25, 0.3) is 0 Å². The molecule has 1 aliphatic rings. The van der Waals surface area contributed by atoms with Crippen molar-refractivity contribution in [3.8, 4) is 0 Å². The second-order valence-corrected chi connectivity index (χ2v) is 9.52. The highest BCUT2D eigenvalue weighted by atomic mass is 32.2. The molecule has 0 bridgehead atoms. The zero-order valence-electron chi connectivity index (χ0n) is 16.9. The van der Waals surface area contributed by atoms with E-state index in [2.05, 4.69) is 11.4 Å². The normalized spacial score (nSPS) is 17.5. The van der Waals surface area contributed by atoms with E-state index in [-0.39, 0.29) is 11.9 Å². The van der Waals surface area contributed by atoms with Crippen LogP contribution in [0, 0.1) is 13.8 Å². The molecule has 1 aliphatic carbocycles. The first-order chi connectivity index (χ1) is 13.2. The number of hydrogen-bond acceptors (Lipinski definition) is 3. The molecule has 6 heteroatoms. The topological polar surface area (TPSA) is 66.5 Å². The summed E-state index contributed by atoms with van der Waals surface area (Å²) in [6.07, 6.45) is 4.01. The number of carbonyl (C=O) groups excluding carboxylic acids is 1. The van der Waals surface area contributed by atoms with Crippen LogP contribution >= 0.6 is 0 Å². The Balaban J connectivity index is 1.86. The third-order valence-corrected chi connectivity index (χ3v) is 6.76. The molecule has 0 aromatic heterocycles. The van der Waals surface area contributed by atoms with Gasteiger partial charge in [-0.3, -0.25) is 9.10 Å². The van der Waals surface area contributed by atoms with Gasteiger partial charge in [0.15, 0.2) is 0 Å². The lowest BCUT2D eigenvalue weighted by atomic mass is 9.87. The van der Waals surface area contributed by atoms with Crippen molar-refractivity contribution in [2.45, 2.75) is 52.1 Å². The predicted molar refractivity (Wildman–Crippen MR) is 113 cm³/mol.